The van der Waals surface area contributed by atoms with Gasteiger partial charge in [0, 0.05) is 38.2 Å². The van der Waals surface area contributed by atoms with Gasteiger partial charge < -0.3 is 15.3 Å². The molecule has 1 aliphatic heterocycles. The Bertz CT molecular complexity index is 421. The topological polar surface area (TPSA) is 61.3 Å². The zero-order chi connectivity index (χ0) is 13.0. The number of nitrogens with one attached hydrogen (secondary N) is 1. The van der Waals surface area contributed by atoms with Crippen molar-refractivity contribution in [2.75, 3.05) is 36.5 Å². The molecule has 1 aliphatic rings. The lowest BCUT2D eigenvalue weighted by Crippen LogP contribution is -2.22. The van der Waals surface area contributed by atoms with Crippen molar-refractivity contribution in [1.82, 2.24) is 9.97 Å². The molecule has 0 bridgehead atoms. The number of aliphatic hydroxyl groups excluding tert-OH is 1. The SMILES string of the molecule is C=CCNc1cc(N2CCC(CO)C2)nc(C)n1. The van der Waals surface area contributed by atoms with E-state index in [0.717, 1.165) is 37.0 Å². The highest BCUT2D eigenvalue weighted by Crippen LogP contribution is 2.23. The zero-order valence-electron chi connectivity index (χ0n) is 10.8. The second kappa shape index (κ2) is 5.82. The van der Waals surface area contributed by atoms with Crippen LogP contribution in [0.25, 0.3) is 0 Å². The van der Waals surface area contributed by atoms with Gasteiger partial charge in [-0.15, -0.1) is 6.58 Å². The summed E-state index contributed by atoms with van der Waals surface area (Å²) in [5.74, 6) is 2.88. The molecule has 2 heterocycles. The molecule has 1 aromatic rings. The van der Waals surface area contributed by atoms with E-state index in [1.54, 1.807) is 6.08 Å². The van der Waals surface area contributed by atoms with Crippen molar-refractivity contribution < 1.29 is 5.11 Å². The molecule has 0 radical (unpaired) electrons. The fourth-order valence-electron chi connectivity index (χ4n) is 2.17. The minimum Gasteiger partial charge on any atom is -0.396 e. The Labute approximate surface area is 108 Å². The number of nitrogens with zero attached hydrogens (tertiary/aromatic N) is 3. The Kier molecular flexibility index (Phi) is 4.15. The lowest BCUT2D eigenvalue weighted by atomic mass is 10.1. The van der Waals surface area contributed by atoms with Crippen LogP contribution >= 0.6 is 0 Å². The molecule has 5 heteroatoms. The Morgan fingerprint density at radius 3 is 3.11 bits per heavy atom. The normalized spacial score (nSPS) is 19.0. The number of aryl methyl sites for hydroxylation is 1. The fraction of sp³-hybridized carbons (Fsp3) is 0.538. The molecule has 98 valence electrons. The highest BCUT2D eigenvalue weighted by atomic mass is 16.3. The van der Waals surface area contributed by atoms with Crippen LogP contribution in [0, 0.1) is 12.8 Å². The van der Waals surface area contributed by atoms with Crippen molar-refractivity contribution in [2.24, 2.45) is 5.92 Å². The van der Waals surface area contributed by atoms with Gasteiger partial charge in [-0.2, -0.15) is 0 Å². The summed E-state index contributed by atoms with van der Waals surface area (Å²) in [6, 6.07) is 1.95. The minimum atomic E-state index is 0.252. The van der Waals surface area contributed by atoms with Crippen LogP contribution in [0.2, 0.25) is 0 Å². The molecular weight excluding hydrogens is 228 g/mol. The second-order valence-electron chi connectivity index (χ2n) is 4.61. The van der Waals surface area contributed by atoms with Crippen molar-refractivity contribution in [1.29, 1.82) is 0 Å². The first-order valence-corrected chi connectivity index (χ1v) is 6.29. The van der Waals surface area contributed by atoms with Gasteiger partial charge in [0.25, 0.3) is 0 Å². The first kappa shape index (κ1) is 12.8. The monoisotopic (exact) mass is 248 g/mol. The quantitative estimate of drug-likeness (QED) is 0.767. The lowest BCUT2D eigenvalue weighted by Gasteiger charge is -2.18. The van der Waals surface area contributed by atoms with Crippen LogP contribution in [0.1, 0.15) is 12.2 Å². The van der Waals surface area contributed by atoms with Crippen LogP contribution in [0.15, 0.2) is 18.7 Å². The predicted molar refractivity (Wildman–Crippen MR) is 72.9 cm³/mol. The Morgan fingerprint density at radius 1 is 1.61 bits per heavy atom. The van der Waals surface area contributed by atoms with Crippen LogP contribution in [-0.4, -0.2) is 41.3 Å². The molecule has 0 aliphatic carbocycles. The summed E-state index contributed by atoms with van der Waals surface area (Å²) < 4.78 is 0. The Morgan fingerprint density at radius 2 is 2.44 bits per heavy atom. The summed E-state index contributed by atoms with van der Waals surface area (Å²) in [5.41, 5.74) is 0. The molecule has 0 aromatic carbocycles. The zero-order valence-corrected chi connectivity index (χ0v) is 10.8. The van der Waals surface area contributed by atoms with Crippen molar-refractivity contribution in [3.63, 3.8) is 0 Å². The number of anilines is 2. The predicted octanol–water partition coefficient (Wildman–Crippen LogP) is 1.20. The molecule has 18 heavy (non-hydrogen) atoms. The van der Waals surface area contributed by atoms with Gasteiger partial charge in [0.1, 0.15) is 17.5 Å². The maximum absolute atomic E-state index is 9.17. The second-order valence-corrected chi connectivity index (χ2v) is 4.61. The summed E-state index contributed by atoms with van der Waals surface area (Å²) >= 11 is 0. The molecule has 0 spiro atoms. The molecule has 2 N–H and O–H groups in total. The van der Waals surface area contributed by atoms with E-state index in [9.17, 15) is 5.11 Å². The summed E-state index contributed by atoms with van der Waals surface area (Å²) in [4.78, 5) is 11.0. The Balaban J connectivity index is 2.12. The van der Waals surface area contributed by atoms with Gasteiger partial charge in [0.05, 0.1) is 0 Å². The third-order valence-electron chi connectivity index (χ3n) is 3.12. The first-order valence-electron chi connectivity index (χ1n) is 6.29. The highest BCUT2D eigenvalue weighted by Gasteiger charge is 2.23. The summed E-state index contributed by atoms with van der Waals surface area (Å²) in [6.07, 6.45) is 2.82. The molecule has 2 rings (SSSR count). The average Bonchev–Trinajstić information content (AvgIpc) is 2.84. The van der Waals surface area contributed by atoms with Crippen LogP contribution in [-0.2, 0) is 0 Å². The molecule has 1 aromatic heterocycles. The van der Waals surface area contributed by atoms with E-state index in [-0.39, 0.29) is 6.61 Å². The van der Waals surface area contributed by atoms with Crippen molar-refractivity contribution >= 4 is 11.6 Å². The van der Waals surface area contributed by atoms with Crippen LogP contribution < -0.4 is 10.2 Å². The van der Waals surface area contributed by atoms with E-state index < -0.39 is 0 Å². The van der Waals surface area contributed by atoms with Crippen molar-refractivity contribution in [3.8, 4) is 0 Å². The lowest BCUT2D eigenvalue weighted by molar-refractivity contribution is 0.238. The van der Waals surface area contributed by atoms with Gasteiger partial charge in [-0.25, -0.2) is 9.97 Å². The Hall–Kier alpha value is -1.62. The molecule has 1 atom stereocenters. The molecule has 0 amide bonds. The number of aromatic nitrogens is 2. The molecule has 1 saturated heterocycles. The molecular formula is C13H20N4O. The molecule has 1 unspecified atom stereocenters. The first-order chi connectivity index (χ1) is 8.72. The number of rotatable bonds is 5. The summed E-state index contributed by atoms with van der Waals surface area (Å²) in [5, 5.41) is 12.4. The largest absolute Gasteiger partial charge is 0.396 e. The summed E-state index contributed by atoms with van der Waals surface area (Å²) in [6.45, 7) is 8.32. The number of aliphatic hydroxyl groups is 1. The van der Waals surface area contributed by atoms with E-state index >= 15 is 0 Å². The van der Waals surface area contributed by atoms with E-state index in [4.69, 9.17) is 0 Å². The maximum atomic E-state index is 9.17. The van der Waals surface area contributed by atoms with Gasteiger partial charge in [-0.3, -0.25) is 0 Å². The van der Waals surface area contributed by atoms with E-state index in [1.807, 2.05) is 13.0 Å². The molecule has 0 saturated carbocycles. The molecule has 5 nitrogen and oxygen atoms in total. The van der Waals surface area contributed by atoms with Gasteiger partial charge >= 0.3 is 0 Å². The van der Waals surface area contributed by atoms with Gasteiger partial charge in [-0.05, 0) is 13.3 Å². The fourth-order valence-corrected chi connectivity index (χ4v) is 2.17. The minimum absolute atomic E-state index is 0.252. The summed E-state index contributed by atoms with van der Waals surface area (Å²) in [7, 11) is 0. The third-order valence-corrected chi connectivity index (χ3v) is 3.12. The number of hydrogen-bond donors (Lipinski definition) is 2. The van der Waals surface area contributed by atoms with Crippen LogP contribution in [0.5, 0.6) is 0 Å². The standard InChI is InChI=1S/C13H20N4O/c1-3-5-14-12-7-13(16-10(2)15-12)17-6-4-11(8-17)9-18/h3,7,11,18H,1,4-6,8-9H2,2H3,(H,14,15,16). The molecule has 1 fully saturated rings. The van der Waals surface area contributed by atoms with Gasteiger partial charge in [0.15, 0.2) is 0 Å². The maximum Gasteiger partial charge on any atom is 0.134 e. The van der Waals surface area contributed by atoms with E-state index in [1.165, 1.54) is 0 Å². The highest BCUT2D eigenvalue weighted by molar-refractivity contribution is 5.50. The van der Waals surface area contributed by atoms with Gasteiger partial charge in [-0.1, -0.05) is 6.08 Å². The van der Waals surface area contributed by atoms with Crippen molar-refractivity contribution in [3.05, 3.63) is 24.5 Å². The third kappa shape index (κ3) is 2.98. The van der Waals surface area contributed by atoms with E-state index in [0.29, 0.717) is 12.5 Å². The smallest absolute Gasteiger partial charge is 0.134 e. The van der Waals surface area contributed by atoms with E-state index in [2.05, 4.69) is 26.8 Å². The number of hydrogen-bond acceptors (Lipinski definition) is 5. The van der Waals surface area contributed by atoms with Crippen LogP contribution in [0.3, 0.4) is 0 Å². The van der Waals surface area contributed by atoms with Crippen LogP contribution in [0.4, 0.5) is 11.6 Å². The average molecular weight is 248 g/mol. The van der Waals surface area contributed by atoms with Gasteiger partial charge in [0.2, 0.25) is 0 Å². The van der Waals surface area contributed by atoms with Crippen molar-refractivity contribution in [2.45, 2.75) is 13.3 Å².